The van der Waals surface area contributed by atoms with E-state index in [1.165, 1.54) is 25.5 Å². The summed E-state index contributed by atoms with van der Waals surface area (Å²) in [7, 11) is 0. The fourth-order valence-electron chi connectivity index (χ4n) is 6.38. The van der Waals surface area contributed by atoms with Crippen molar-refractivity contribution < 1.29 is 23.5 Å². The zero-order chi connectivity index (χ0) is 21.6. The monoisotopic (exact) mass is 424 g/mol. The van der Waals surface area contributed by atoms with Crippen LogP contribution >= 0.6 is 0 Å². The first-order chi connectivity index (χ1) is 14.9. The molecule has 0 saturated heterocycles. The molecule has 0 spiro atoms. The fourth-order valence-corrected chi connectivity index (χ4v) is 6.38. The average Bonchev–Trinajstić information content (AvgIpc) is 3.06. The molecule has 7 nitrogen and oxygen atoms in total. The molecular weight excluding hydrogens is 396 g/mol. The van der Waals surface area contributed by atoms with Gasteiger partial charge in [0.25, 0.3) is 5.91 Å². The van der Waals surface area contributed by atoms with Crippen molar-refractivity contribution in [1.82, 2.24) is 10.6 Å². The molecular formula is C24H28N2O5. The van der Waals surface area contributed by atoms with Crippen molar-refractivity contribution in [2.75, 3.05) is 6.61 Å². The Labute approximate surface area is 180 Å². The van der Waals surface area contributed by atoms with E-state index < -0.39 is 24.5 Å². The van der Waals surface area contributed by atoms with Crippen molar-refractivity contribution in [3.05, 3.63) is 35.6 Å². The Hall–Kier alpha value is -2.83. The van der Waals surface area contributed by atoms with Crippen LogP contribution in [0.3, 0.4) is 0 Å². The molecule has 3 amide bonds. The Kier molecular flexibility index (Phi) is 4.99. The van der Waals surface area contributed by atoms with Gasteiger partial charge < -0.3 is 14.5 Å². The standard InChI is InChI=1S/C24H28N2O5/c1-14-2-3-19-18(12-30-20(19)4-14)8-22(28)31-13-21(27)25-23(29)26-24-9-15-5-16(10-24)7-17(6-15)11-24/h2-4,12,15-17H,5-11,13H2,1H3,(H2,25,26,27,29). The maximum Gasteiger partial charge on any atom is 0.321 e. The zero-order valence-electron chi connectivity index (χ0n) is 17.7. The summed E-state index contributed by atoms with van der Waals surface area (Å²) in [5, 5.41) is 6.25. The third-order valence-electron chi connectivity index (χ3n) is 7.18. The molecule has 7 heteroatoms. The van der Waals surface area contributed by atoms with Gasteiger partial charge in [-0.1, -0.05) is 12.1 Å². The van der Waals surface area contributed by atoms with Crippen LogP contribution < -0.4 is 10.6 Å². The second kappa shape index (κ2) is 7.70. The lowest BCUT2D eigenvalue weighted by molar-refractivity contribution is -0.147. The van der Waals surface area contributed by atoms with Crippen molar-refractivity contribution in [3.8, 4) is 0 Å². The van der Waals surface area contributed by atoms with Gasteiger partial charge in [0, 0.05) is 16.5 Å². The number of hydrogen-bond acceptors (Lipinski definition) is 5. The molecule has 2 N–H and O–H groups in total. The van der Waals surface area contributed by atoms with E-state index in [2.05, 4.69) is 10.6 Å². The molecule has 1 aromatic heterocycles. The van der Waals surface area contributed by atoms with Gasteiger partial charge in [0.1, 0.15) is 5.58 Å². The molecule has 4 fully saturated rings. The van der Waals surface area contributed by atoms with E-state index >= 15 is 0 Å². The van der Waals surface area contributed by atoms with E-state index in [4.69, 9.17) is 9.15 Å². The van der Waals surface area contributed by atoms with Crippen LogP contribution in [0, 0.1) is 24.7 Å². The second-order valence-electron chi connectivity index (χ2n) is 9.80. The lowest BCUT2D eigenvalue weighted by Gasteiger charge is -2.56. The Bertz CT molecular complexity index is 1000. The number of benzene rings is 1. The highest BCUT2D eigenvalue weighted by Gasteiger charge is 2.51. The number of fused-ring (bicyclic) bond motifs is 1. The molecule has 6 rings (SSSR count). The number of urea groups is 1. The van der Waals surface area contributed by atoms with Gasteiger partial charge in [0.2, 0.25) is 0 Å². The summed E-state index contributed by atoms with van der Waals surface area (Å²) in [6.07, 6.45) is 8.40. The van der Waals surface area contributed by atoms with Crippen molar-refractivity contribution in [2.24, 2.45) is 17.8 Å². The van der Waals surface area contributed by atoms with Crippen LogP contribution in [0.4, 0.5) is 4.79 Å². The van der Waals surface area contributed by atoms with Crippen molar-refractivity contribution in [1.29, 1.82) is 0 Å². The van der Waals surface area contributed by atoms with E-state index in [-0.39, 0.29) is 12.0 Å². The number of nitrogens with one attached hydrogen (secondary N) is 2. The number of aryl methyl sites for hydroxylation is 1. The Morgan fingerprint density at radius 3 is 2.45 bits per heavy atom. The minimum atomic E-state index is -0.622. The SMILES string of the molecule is Cc1ccc2c(CC(=O)OCC(=O)NC(=O)NC34CC5CC(CC(C5)C3)C4)coc2c1. The molecule has 1 heterocycles. The van der Waals surface area contributed by atoms with E-state index in [1.54, 1.807) is 0 Å². The van der Waals surface area contributed by atoms with Gasteiger partial charge in [-0.25, -0.2) is 4.79 Å². The first-order valence-corrected chi connectivity index (χ1v) is 11.1. The van der Waals surface area contributed by atoms with Crippen LogP contribution in [-0.4, -0.2) is 30.1 Å². The van der Waals surface area contributed by atoms with Crippen molar-refractivity contribution >= 4 is 28.9 Å². The quantitative estimate of drug-likeness (QED) is 0.715. The molecule has 0 unspecified atom stereocenters. The number of amides is 3. The highest BCUT2D eigenvalue weighted by Crippen LogP contribution is 2.55. The van der Waals surface area contributed by atoms with Crippen LogP contribution in [-0.2, 0) is 20.7 Å². The zero-order valence-corrected chi connectivity index (χ0v) is 17.7. The normalized spacial score (nSPS) is 28.5. The number of carbonyl (C=O) groups is 3. The largest absolute Gasteiger partial charge is 0.464 e. The van der Waals surface area contributed by atoms with Gasteiger partial charge >= 0.3 is 12.0 Å². The second-order valence-corrected chi connectivity index (χ2v) is 9.80. The maximum absolute atomic E-state index is 12.4. The molecule has 164 valence electrons. The van der Waals surface area contributed by atoms with E-state index in [1.807, 2.05) is 25.1 Å². The number of esters is 1. The van der Waals surface area contributed by atoms with Crippen LogP contribution in [0.5, 0.6) is 0 Å². The lowest BCUT2D eigenvalue weighted by atomic mass is 9.53. The summed E-state index contributed by atoms with van der Waals surface area (Å²) in [5.41, 5.74) is 2.32. The summed E-state index contributed by atoms with van der Waals surface area (Å²) in [4.78, 5) is 36.7. The first kappa shape index (κ1) is 20.1. The molecule has 4 bridgehead atoms. The highest BCUT2D eigenvalue weighted by molar-refractivity contribution is 5.96. The summed E-state index contributed by atoms with van der Waals surface area (Å²) < 4.78 is 10.6. The maximum atomic E-state index is 12.4. The van der Waals surface area contributed by atoms with Gasteiger partial charge in [-0.05, 0) is 74.8 Å². The summed E-state index contributed by atoms with van der Waals surface area (Å²) in [6, 6.07) is 5.26. The van der Waals surface area contributed by atoms with E-state index in [0.717, 1.165) is 30.2 Å². The average molecular weight is 424 g/mol. The Morgan fingerprint density at radius 2 is 1.77 bits per heavy atom. The summed E-state index contributed by atoms with van der Waals surface area (Å²) >= 11 is 0. The molecule has 0 atom stereocenters. The Balaban J connectivity index is 1.10. The smallest absolute Gasteiger partial charge is 0.321 e. The number of imide groups is 1. The molecule has 0 radical (unpaired) electrons. The summed E-state index contributed by atoms with van der Waals surface area (Å²) in [6.45, 7) is 1.48. The minimum Gasteiger partial charge on any atom is -0.464 e. The number of furan rings is 1. The number of ether oxygens (including phenoxy) is 1. The highest BCUT2D eigenvalue weighted by atomic mass is 16.5. The van der Waals surface area contributed by atoms with Gasteiger partial charge in [-0.15, -0.1) is 0 Å². The van der Waals surface area contributed by atoms with E-state index in [0.29, 0.717) is 28.9 Å². The molecule has 4 aliphatic rings. The predicted octanol–water partition coefficient (Wildman–Crippen LogP) is 3.62. The van der Waals surface area contributed by atoms with Crippen LogP contribution in [0.15, 0.2) is 28.9 Å². The predicted molar refractivity (Wildman–Crippen MR) is 113 cm³/mol. The third kappa shape index (κ3) is 4.18. The topological polar surface area (TPSA) is 97.6 Å². The fraction of sp³-hybridized carbons (Fsp3) is 0.542. The summed E-state index contributed by atoms with van der Waals surface area (Å²) in [5.74, 6) is 0.937. The van der Waals surface area contributed by atoms with Crippen LogP contribution in [0.1, 0.15) is 49.7 Å². The van der Waals surface area contributed by atoms with Crippen molar-refractivity contribution in [3.63, 3.8) is 0 Å². The van der Waals surface area contributed by atoms with Gasteiger partial charge in [-0.3, -0.25) is 14.9 Å². The van der Waals surface area contributed by atoms with Crippen LogP contribution in [0.25, 0.3) is 11.0 Å². The molecule has 31 heavy (non-hydrogen) atoms. The van der Waals surface area contributed by atoms with Crippen LogP contribution in [0.2, 0.25) is 0 Å². The molecule has 1 aromatic carbocycles. The van der Waals surface area contributed by atoms with E-state index in [9.17, 15) is 14.4 Å². The number of carbonyl (C=O) groups excluding carboxylic acids is 3. The molecule has 4 saturated carbocycles. The lowest BCUT2D eigenvalue weighted by Crippen LogP contribution is -2.62. The molecule has 0 aliphatic heterocycles. The van der Waals surface area contributed by atoms with Gasteiger partial charge in [0.15, 0.2) is 6.61 Å². The minimum absolute atomic E-state index is 0.00279. The molecule has 2 aromatic rings. The third-order valence-corrected chi connectivity index (χ3v) is 7.18. The number of hydrogen-bond donors (Lipinski definition) is 2. The van der Waals surface area contributed by atoms with Gasteiger partial charge in [0.05, 0.1) is 12.7 Å². The van der Waals surface area contributed by atoms with Gasteiger partial charge in [-0.2, -0.15) is 0 Å². The van der Waals surface area contributed by atoms with Crippen molar-refractivity contribution in [2.45, 2.75) is 57.4 Å². The Morgan fingerprint density at radius 1 is 1.10 bits per heavy atom. The number of rotatable bonds is 5. The molecule has 4 aliphatic carbocycles. The first-order valence-electron chi connectivity index (χ1n) is 11.1.